The maximum atomic E-state index is 6.59. The van der Waals surface area contributed by atoms with Crippen molar-refractivity contribution in [2.24, 2.45) is 0 Å². The molecule has 0 unspecified atom stereocenters. The Balaban J connectivity index is 1.51. The molecular formula is C24H25Cl2N5OS. The second-order valence-electron chi connectivity index (χ2n) is 8.17. The van der Waals surface area contributed by atoms with E-state index in [1.807, 2.05) is 48.8 Å². The standard InChI is InChI=1S/C24H25Cl2N5OS/c25-17-6-7-20(18(26)16-17)30-9-3-5-21(30)23-22(19-4-1-2-8-27-19)28-24(33)31(23)11-10-29-12-14-32-15-13-29/h1-9,16,22-23H,10-15H2,(H,28,33)/t22-,23-/m1/s1. The van der Waals surface area contributed by atoms with Gasteiger partial charge < -0.3 is 19.5 Å². The van der Waals surface area contributed by atoms with E-state index < -0.39 is 0 Å². The van der Waals surface area contributed by atoms with Crippen LogP contribution in [0.4, 0.5) is 0 Å². The molecule has 3 aromatic rings. The van der Waals surface area contributed by atoms with Gasteiger partial charge in [0.1, 0.15) is 0 Å². The van der Waals surface area contributed by atoms with Crippen molar-refractivity contribution in [3.63, 3.8) is 0 Å². The SMILES string of the molecule is S=C1N[C@H](c2ccccn2)[C@@H](c2cccn2-c2ccc(Cl)cc2Cl)N1CCN1CCOCC1. The summed E-state index contributed by atoms with van der Waals surface area (Å²) in [4.78, 5) is 9.34. The largest absolute Gasteiger partial charge is 0.379 e. The molecule has 2 atom stereocenters. The molecule has 33 heavy (non-hydrogen) atoms. The lowest BCUT2D eigenvalue weighted by Gasteiger charge is -2.32. The van der Waals surface area contributed by atoms with Crippen LogP contribution in [0.25, 0.3) is 5.69 Å². The van der Waals surface area contributed by atoms with Crippen LogP contribution in [0.3, 0.4) is 0 Å². The molecule has 172 valence electrons. The van der Waals surface area contributed by atoms with Crippen LogP contribution in [0.2, 0.25) is 10.0 Å². The van der Waals surface area contributed by atoms with Gasteiger partial charge in [0.15, 0.2) is 5.11 Å². The lowest BCUT2D eigenvalue weighted by molar-refractivity contribution is 0.0349. The zero-order valence-electron chi connectivity index (χ0n) is 18.0. The minimum atomic E-state index is -0.0804. The van der Waals surface area contributed by atoms with Crippen LogP contribution in [-0.4, -0.2) is 63.9 Å². The number of morpholine rings is 1. The van der Waals surface area contributed by atoms with Gasteiger partial charge in [0, 0.05) is 49.3 Å². The molecule has 2 saturated heterocycles. The maximum absolute atomic E-state index is 6.59. The summed E-state index contributed by atoms with van der Waals surface area (Å²) >= 11 is 18.6. The predicted molar refractivity (Wildman–Crippen MR) is 135 cm³/mol. The van der Waals surface area contributed by atoms with Gasteiger partial charge in [-0.15, -0.1) is 0 Å². The lowest BCUT2D eigenvalue weighted by Crippen LogP contribution is -2.42. The summed E-state index contributed by atoms with van der Waals surface area (Å²) in [5.41, 5.74) is 2.92. The quantitative estimate of drug-likeness (QED) is 0.502. The molecule has 0 amide bonds. The van der Waals surface area contributed by atoms with E-state index in [-0.39, 0.29) is 12.1 Å². The van der Waals surface area contributed by atoms with Gasteiger partial charge in [0.2, 0.25) is 0 Å². The van der Waals surface area contributed by atoms with Crippen LogP contribution in [0.15, 0.2) is 60.9 Å². The van der Waals surface area contributed by atoms with Crippen molar-refractivity contribution in [2.75, 3.05) is 39.4 Å². The Morgan fingerprint density at radius 3 is 2.67 bits per heavy atom. The summed E-state index contributed by atoms with van der Waals surface area (Å²) in [7, 11) is 0. The summed E-state index contributed by atoms with van der Waals surface area (Å²) in [6, 6.07) is 15.6. The number of thiocarbonyl (C=S) groups is 1. The van der Waals surface area contributed by atoms with E-state index in [2.05, 4.69) is 30.7 Å². The van der Waals surface area contributed by atoms with E-state index in [0.29, 0.717) is 10.0 Å². The first-order valence-electron chi connectivity index (χ1n) is 11.0. The molecule has 0 spiro atoms. The van der Waals surface area contributed by atoms with Crippen molar-refractivity contribution in [3.05, 3.63) is 82.4 Å². The van der Waals surface area contributed by atoms with Gasteiger partial charge in [0.05, 0.1) is 41.7 Å². The van der Waals surface area contributed by atoms with Gasteiger partial charge in [0.25, 0.3) is 0 Å². The highest BCUT2D eigenvalue weighted by Gasteiger charge is 2.41. The smallest absolute Gasteiger partial charge is 0.170 e. The minimum absolute atomic E-state index is 0.0461. The molecule has 2 aromatic heterocycles. The molecule has 4 heterocycles. The maximum Gasteiger partial charge on any atom is 0.170 e. The Morgan fingerprint density at radius 2 is 1.91 bits per heavy atom. The van der Waals surface area contributed by atoms with Crippen molar-refractivity contribution in [3.8, 4) is 5.69 Å². The van der Waals surface area contributed by atoms with Crippen LogP contribution < -0.4 is 5.32 Å². The van der Waals surface area contributed by atoms with Crippen molar-refractivity contribution in [1.29, 1.82) is 0 Å². The molecule has 6 nitrogen and oxygen atoms in total. The Morgan fingerprint density at radius 1 is 1.06 bits per heavy atom. The number of nitrogens with one attached hydrogen (secondary N) is 1. The van der Waals surface area contributed by atoms with Crippen LogP contribution in [0.5, 0.6) is 0 Å². The Kier molecular flexibility index (Phi) is 6.85. The number of aromatic nitrogens is 2. The van der Waals surface area contributed by atoms with Crippen molar-refractivity contribution in [2.45, 2.75) is 12.1 Å². The summed E-state index contributed by atoms with van der Waals surface area (Å²) < 4.78 is 7.63. The molecule has 0 aliphatic carbocycles. The summed E-state index contributed by atoms with van der Waals surface area (Å²) in [6.07, 6.45) is 3.85. The zero-order valence-corrected chi connectivity index (χ0v) is 20.4. The Bertz CT molecular complexity index is 1120. The lowest BCUT2D eigenvalue weighted by atomic mass is 10.0. The molecule has 1 aromatic carbocycles. The van der Waals surface area contributed by atoms with Crippen LogP contribution >= 0.6 is 35.4 Å². The summed E-state index contributed by atoms with van der Waals surface area (Å²) in [5, 5.41) is 5.48. The van der Waals surface area contributed by atoms with Crippen LogP contribution in [0.1, 0.15) is 23.5 Å². The first-order chi connectivity index (χ1) is 16.1. The molecule has 2 fully saturated rings. The van der Waals surface area contributed by atoms with Gasteiger partial charge in [-0.25, -0.2) is 0 Å². The average molecular weight is 502 g/mol. The van der Waals surface area contributed by atoms with Crippen molar-refractivity contribution in [1.82, 2.24) is 24.7 Å². The third kappa shape index (κ3) is 4.74. The average Bonchev–Trinajstić information content (AvgIpc) is 3.43. The highest BCUT2D eigenvalue weighted by Crippen LogP contribution is 2.40. The van der Waals surface area contributed by atoms with E-state index >= 15 is 0 Å². The highest BCUT2D eigenvalue weighted by atomic mass is 35.5. The fourth-order valence-electron chi connectivity index (χ4n) is 4.57. The number of nitrogens with zero attached hydrogens (tertiary/aromatic N) is 4. The monoisotopic (exact) mass is 501 g/mol. The Hall–Kier alpha value is -2.16. The highest BCUT2D eigenvalue weighted by molar-refractivity contribution is 7.80. The summed E-state index contributed by atoms with van der Waals surface area (Å²) in [5.74, 6) is 0. The molecular weight excluding hydrogens is 477 g/mol. The summed E-state index contributed by atoms with van der Waals surface area (Å²) in [6.45, 7) is 5.16. The van der Waals surface area contributed by atoms with E-state index in [1.54, 1.807) is 6.07 Å². The second kappa shape index (κ2) is 9.99. The van der Waals surface area contributed by atoms with Crippen LogP contribution in [0, 0.1) is 0 Å². The fourth-order valence-corrected chi connectivity index (χ4v) is 5.40. The number of rotatable bonds is 6. The van der Waals surface area contributed by atoms with E-state index in [1.165, 1.54) is 0 Å². The minimum Gasteiger partial charge on any atom is -0.379 e. The number of pyridine rings is 1. The van der Waals surface area contributed by atoms with Gasteiger partial charge in [-0.1, -0.05) is 29.3 Å². The van der Waals surface area contributed by atoms with Crippen molar-refractivity contribution < 1.29 is 4.74 Å². The van der Waals surface area contributed by atoms with E-state index in [4.69, 9.17) is 40.2 Å². The number of ether oxygens (including phenoxy) is 1. The number of hydrogen-bond donors (Lipinski definition) is 1. The molecule has 0 radical (unpaired) electrons. The predicted octanol–water partition coefficient (Wildman–Crippen LogP) is 4.48. The van der Waals surface area contributed by atoms with E-state index in [9.17, 15) is 0 Å². The normalized spacial score (nSPS) is 21.4. The third-order valence-electron chi connectivity index (χ3n) is 6.21. The topological polar surface area (TPSA) is 45.6 Å². The fraction of sp³-hybridized carbons (Fsp3) is 0.333. The number of halogens is 2. The molecule has 0 saturated carbocycles. The first kappa shape index (κ1) is 22.6. The molecule has 5 rings (SSSR count). The zero-order chi connectivity index (χ0) is 22.8. The first-order valence-corrected chi connectivity index (χ1v) is 12.2. The van der Waals surface area contributed by atoms with E-state index in [0.717, 1.165) is 61.6 Å². The van der Waals surface area contributed by atoms with Gasteiger partial charge in [-0.2, -0.15) is 0 Å². The van der Waals surface area contributed by atoms with Crippen molar-refractivity contribution >= 4 is 40.5 Å². The Labute approximate surface area is 209 Å². The second-order valence-corrected chi connectivity index (χ2v) is 9.40. The van der Waals surface area contributed by atoms with Gasteiger partial charge in [-0.05, 0) is 54.7 Å². The van der Waals surface area contributed by atoms with Gasteiger partial charge in [-0.3, -0.25) is 9.88 Å². The molecule has 9 heteroatoms. The molecule has 2 aliphatic heterocycles. The molecule has 0 bridgehead atoms. The van der Waals surface area contributed by atoms with Gasteiger partial charge >= 0.3 is 0 Å². The number of benzene rings is 1. The molecule has 2 aliphatic rings. The van der Waals surface area contributed by atoms with Crippen LogP contribution in [-0.2, 0) is 4.74 Å². The third-order valence-corrected chi connectivity index (χ3v) is 7.10. The number of hydrogen-bond acceptors (Lipinski definition) is 4. The molecule has 1 N–H and O–H groups in total.